The van der Waals surface area contributed by atoms with Crippen LogP contribution in [0.15, 0.2) is 24.4 Å². The van der Waals surface area contributed by atoms with Crippen LogP contribution in [0.1, 0.15) is 10.4 Å². The summed E-state index contributed by atoms with van der Waals surface area (Å²) in [5, 5.41) is 1.56. The summed E-state index contributed by atoms with van der Waals surface area (Å²) in [6.45, 7) is 0. The molecule has 1 heterocycles. The van der Waals surface area contributed by atoms with Gasteiger partial charge < -0.3 is 4.57 Å². The van der Waals surface area contributed by atoms with Crippen molar-refractivity contribution < 1.29 is 4.79 Å². The lowest BCUT2D eigenvalue weighted by atomic mass is 10.1. The van der Waals surface area contributed by atoms with Gasteiger partial charge in [0.05, 0.1) is 5.88 Å². The first kappa shape index (κ1) is 10.5. The molecule has 0 radical (unpaired) electrons. The normalized spacial score (nSPS) is 10.9. The lowest BCUT2D eigenvalue weighted by molar-refractivity contribution is 0.102. The average molecular weight is 242 g/mol. The van der Waals surface area contributed by atoms with Gasteiger partial charge in [-0.25, -0.2) is 0 Å². The molecule has 0 amide bonds. The molecule has 2 aromatic rings. The van der Waals surface area contributed by atoms with Crippen LogP contribution in [-0.4, -0.2) is 16.2 Å². The van der Waals surface area contributed by atoms with E-state index in [4.69, 9.17) is 23.2 Å². The summed E-state index contributed by atoms with van der Waals surface area (Å²) < 4.78 is 1.88. The second kappa shape index (κ2) is 3.87. The number of aryl methyl sites for hydroxylation is 1. The zero-order valence-electron chi connectivity index (χ0n) is 8.13. The van der Waals surface area contributed by atoms with E-state index in [1.807, 2.05) is 23.7 Å². The summed E-state index contributed by atoms with van der Waals surface area (Å²) in [4.78, 5) is 11.5. The van der Waals surface area contributed by atoms with Gasteiger partial charge in [-0.1, -0.05) is 17.7 Å². The molecule has 4 heteroatoms. The maximum atomic E-state index is 11.5. The van der Waals surface area contributed by atoms with Crippen molar-refractivity contribution in [2.45, 2.75) is 0 Å². The third-order valence-electron chi connectivity index (χ3n) is 2.37. The van der Waals surface area contributed by atoms with E-state index < -0.39 is 0 Å². The molecule has 0 atom stereocenters. The Morgan fingerprint density at radius 2 is 2.20 bits per heavy atom. The molecule has 2 nitrogen and oxygen atoms in total. The van der Waals surface area contributed by atoms with E-state index in [1.165, 1.54) is 0 Å². The minimum atomic E-state index is -0.0652. The van der Waals surface area contributed by atoms with Crippen LogP contribution in [0.2, 0.25) is 5.02 Å². The highest BCUT2D eigenvalue weighted by Gasteiger charge is 2.12. The summed E-state index contributed by atoms with van der Waals surface area (Å²) in [7, 11) is 1.88. The largest absolute Gasteiger partial charge is 0.350 e. The van der Waals surface area contributed by atoms with Crippen LogP contribution in [-0.2, 0) is 7.05 Å². The first-order chi connectivity index (χ1) is 7.13. The molecule has 0 saturated heterocycles. The number of nitrogens with zero attached hydrogens (tertiary/aromatic N) is 1. The SMILES string of the molecule is Cn1cc(C(=O)CCl)c2ccc(Cl)cc21. The summed E-state index contributed by atoms with van der Waals surface area (Å²) in [6.07, 6.45) is 1.78. The average Bonchev–Trinajstić information content (AvgIpc) is 2.55. The quantitative estimate of drug-likeness (QED) is 0.585. The fourth-order valence-corrected chi connectivity index (χ4v) is 1.96. The molecule has 0 saturated carbocycles. The third-order valence-corrected chi connectivity index (χ3v) is 2.85. The molecule has 0 aliphatic heterocycles. The Bertz CT molecular complexity index is 531. The first-order valence-corrected chi connectivity index (χ1v) is 5.38. The Hall–Kier alpha value is -0.990. The van der Waals surface area contributed by atoms with Crippen molar-refractivity contribution in [3.63, 3.8) is 0 Å². The summed E-state index contributed by atoms with van der Waals surface area (Å²) in [5.74, 6) is -0.0635. The van der Waals surface area contributed by atoms with Crippen LogP contribution in [0.4, 0.5) is 0 Å². The van der Waals surface area contributed by atoms with E-state index in [1.54, 1.807) is 12.3 Å². The molecule has 0 N–H and O–H groups in total. The highest BCUT2D eigenvalue weighted by molar-refractivity contribution is 6.33. The molecule has 0 spiro atoms. The lowest BCUT2D eigenvalue weighted by Gasteiger charge is -1.96. The first-order valence-electron chi connectivity index (χ1n) is 4.47. The lowest BCUT2D eigenvalue weighted by Crippen LogP contribution is -1.98. The molecule has 15 heavy (non-hydrogen) atoms. The van der Waals surface area contributed by atoms with Crippen molar-refractivity contribution in [1.82, 2.24) is 4.57 Å². The highest BCUT2D eigenvalue weighted by atomic mass is 35.5. The molecule has 0 aliphatic rings. The Kier molecular flexibility index (Phi) is 2.72. The van der Waals surface area contributed by atoms with Gasteiger partial charge in [-0.3, -0.25) is 4.79 Å². The zero-order chi connectivity index (χ0) is 11.0. The number of ketones is 1. The van der Waals surface area contributed by atoms with Crippen molar-refractivity contribution in [1.29, 1.82) is 0 Å². The standard InChI is InChI=1S/C11H9Cl2NO/c1-14-6-9(11(15)5-12)8-3-2-7(13)4-10(8)14/h2-4,6H,5H2,1H3. The molecule has 78 valence electrons. The van der Waals surface area contributed by atoms with Gasteiger partial charge in [0.25, 0.3) is 0 Å². The predicted octanol–water partition coefficient (Wildman–Crippen LogP) is 3.25. The number of aromatic nitrogens is 1. The number of hydrogen-bond donors (Lipinski definition) is 0. The molecule has 2 rings (SSSR count). The highest BCUT2D eigenvalue weighted by Crippen LogP contribution is 2.24. The molecule has 0 fully saturated rings. The molecule has 1 aromatic carbocycles. The summed E-state index contributed by atoms with van der Waals surface area (Å²) >= 11 is 11.4. The Balaban J connectivity index is 2.73. The predicted molar refractivity (Wildman–Crippen MR) is 63.0 cm³/mol. The fraction of sp³-hybridized carbons (Fsp3) is 0.182. The third kappa shape index (κ3) is 1.75. The molecular weight excluding hydrogens is 233 g/mol. The number of carbonyl (C=O) groups is 1. The molecule has 0 aliphatic carbocycles. The number of rotatable bonds is 2. The Morgan fingerprint density at radius 3 is 2.87 bits per heavy atom. The van der Waals surface area contributed by atoms with Crippen molar-refractivity contribution in [2.75, 3.05) is 5.88 Å². The van der Waals surface area contributed by atoms with E-state index >= 15 is 0 Å². The second-order valence-electron chi connectivity index (χ2n) is 3.37. The van der Waals surface area contributed by atoms with Crippen molar-refractivity contribution in [3.8, 4) is 0 Å². The fourth-order valence-electron chi connectivity index (χ4n) is 1.65. The zero-order valence-corrected chi connectivity index (χ0v) is 9.64. The minimum Gasteiger partial charge on any atom is -0.350 e. The topological polar surface area (TPSA) is 22.0 Å². The number of carbonyl (C=O) groups excluding carboxylic acids is 1. The maximum Gasteiger partial charge on any atom is 0.179 e. The van der Waals surface area contributed by atoms with Crippen LogP contribution in [0, 0.1) is 0 Å². The minimum absolute atomic E-state index is 0.00173. The number of Topliss-reactive ketones (excluding diaryl/α,β-unsaturated/α-hetero) is 1. The van der Waals surface area contributed by atoms with Crippen molar-refractivity contribution in [3.05, 3.63) is 35.0 Å². The van der Waals surface area contributed by atoms with E-state index in [-0.39, 0.29) is 11.7 Å². The molecule has 0 unspecified atom stereocenters. The molecular formula is C11H9Cl2NO. The number of alkyl halides is 1. The van der Waals surface area contributed by atoms with Gasteiger partial charge in [-0.15, -0.1) is 11.6 Å². The van der Waals surface area contributed by atoms with E-state index in [0.717, 1.165) is 10.9 Å². The van der Waals surface area contributed by atoms with Crippen LogP contribution in [0.3, 0.4) is 0 Å². The van der Waals surface area contributed by atoms with Crippen molar-refractivity contribution >= 4 is 39.9 Å². The number of fused-ring (bicyclic) bond motifs is 1. The van der Waals surface area contributed by atoms with Gasteiger partial charge in [0, 0.05) is 34.7 Å². The van der Waals surface area contributed by atoms with Gasteiger partial charge in [0.2, 0.25) is 0 Å². The maximum absolute atomic E-state index is 11.5. The van der Waals surface area contributed by atoms with Gasteiger partial charge in [0.15, 0.2) is 5.78 Å². The summed E-state index contributed by atoms with van der Waals surface area (Å²) in [5.41, 5.74) is 1.59. The van der Waals surface area contributed by atoms with Crippen LogP contribution in [0.25, 0.3) is 10.9 Å². The Labute approximate surface area is 97.4 Å². The number of hydrogen-bond acceptors (Lipinski definition) is 1. The van der Waals surface area contributed by atoms with Gasteiger partial charge >= 0.3 is 0 Å². The van der Waals surface area contributed by atoms with Crippen LogP contribution >= 0.6 is 23.2 Å². The van der Waals surface area contributed by atoms with E-state index in [0.29, 0.717) is 10.6 Å². The number of benzene rings is 1. The molecule has 0 bridgehead atoms. The smallest absolute Gasteiger partial charge is 0.179 e. The number of halogens is 2. The molecule has 1 aromatic heterocycles. The monoisotopic (exact) mass is 241 g/mol. The van der Waals surface area contributed by atoms with Gasteiger partial charge in [-0.2, -0.15) is 0 Å². The van der Waals surface area contributed by atoms with E-state index in [2.05, 4.69) is 0 Å². The Morgan fingerprint density at radius 1 is 1.47 bits per heavy atom. The van der Waals surface area contributed by atoms with Gasteiger partial charge in [-0.05, 0) is 12.1 Å². The second-order valence-corrected chi connectivity index (χ2v) is 4.08. The van der Waals surface area contributed by atoms with Crippen molar-refractivity contribution in [2.24, 2.45) is 7.05 Å². The van der Waals surface area contributed by atoms with E-state index in [9.17, 15) is 4.79 Å². The summed E-state index contributed by atoms with van der Waals surface area (Å²) in [6, 6.07) is 5.45. The van der Waals surface area contributed by atoms with Crippen LogP contribution in [0.5, 0.6) is 0 Å². The van der Waals surface area contributed by atoms with Gasteiger partial charge in [0.1, 0.15) is 0 Å². The van der Waals surface area contributed by atoms with Crippen LogP contribution < -0.4 is 0 Å².